The van der Waals surface area contributed by atoms with Crippen LogP contribution in [0.2, 0.25) is 0 Å². The number of rotatable bonds is 3. The molecular weight excluding hydrogens is 332 g/mol. The monoisotopic (exact) mass is 348 g/mol. The molecule has 1 aliphatic rings. The molecule has 0 bridgehead atoms. The number of ether oxygens (including phenoxy) is 2. The van der Waals surface area contributed by atoms with Crippen molar-refractivity contribution >= 4 is 15.9 Å². The van der Waals surface area contributed by atoms with Gasteiger partial charge in [-0.05, 0) is 36.4 Å². The van der Waals surface area contributed by atoms with E-state index >= 15 is 0 Å². The molecule has 21 heavy (non-hydrogen) atoms. The molecule has 1 aliphatic heterocycles. The SMILES string of the molecule is CNC(c1cccnc1)c1cc2c(cc1Br)OCCCO2. The number of benzene rings is 1. The lowest BCUT2D eigenvalue weighted by Gasteiger charge is -2.20. The van der Waals surface area contributed by atoms with Crippen molar-refractivity contribution in [1.82, 2.24) is 10.3 Å². The lowest BCUT2D eigenvalue weighted by Crippen LogP contribution is -2.18. The van der Waals surface area contributed by atoms with Crippen molar-refractivity contribution in [1.29, 1.82) is 0 Å². The van der Waals surface area contributed by atoms with Crippen LogP contribution in [0.3, 0.4) is 0 Å². The highest BCUT2D eigenvalue weighted by Gasteiger charge is 2.20. The Kier molecular flexibility index (Phi) is 4.41. The molecule has 0 saturated heterocycles. The third-order valence-electron chi connectivity index (χ3n) is 3.48. The number of halogens is 1. The fourth-order valence-corrected chi connectivity index (χ4v) is 3.02. The second-order valence-electron chi connectivity index (χ2n) is 4.88. The summed E-state index contributed by atoms with van der Waals surface area (Å²) in [7, 11) is 1.94. The van der Waals surface area contributed by atoms with Crippen molar-refractivity contribution in [2.24, 2.45) is 0 Å². The topological polar surface area (TPSA) is 43.4 Å². The molecule has 0 fully saturated rings. The van der Waals surface area contributed by atoms with Crippen molar-refractivity contribution < 1.29 is 9.47 Å². The summed E-state index contributed by atoms with van der Waals surface area (Å²) in [5, 5.41) is 3.33. The van der Waals surface area contributed by atoms with Crippen molar-refractivity contribution in [2.75, 3.05) is 20.3 Å². The van der Waals surface area contributed by atoms with Crippen LogP contribution < -0.4 is 14.8 Å². The predicted octanol–water partition coefficient (Wildman–Crippen LogP) is 3.31. The lowest BCUT2D eigenvalue weighted by molar-refractivity contribution is 0.297. The molecule has 2 heterocycles. The Hall–Kier alpha value is -1.59. The molecule has 0 spiro atoms. The van der Waals surface area contributed by atoms with E-state index in [0.717, 1.165) is 33.5 Å². The molecule has 1 aromatic heterocycles. The zero-order chi connectivity index (χ0) is 14.7. The normalized spacial score (nSPS) is 15.3. The molecular formula is C16H17BrN2O2. The largest absolute Gasteiger partial charge is 0.490 e. The molecule has 0 aliphatic carbocycles. The number of hydrogen-bond acceptors (Lipinski definition) is 4. The number of hydrogen-bond donors (Lipinski definition) is 1. The van der Waals surface area contributed by atoms with E-state index in [1.165, 1.54) is 0 Å². The molecule has 4 nitrogen and oxygen atoms in total. The smallest absolute Gasteiger partial charge is 0.162 e. The van der Waals surface area contributed by atoms with E-state index in [1.807, 2.05) is 31.4 Å². The molecule has 5 heteroatoms. The average Bonchev–Trinajstić information content (AvgIpc) is 2.74. The summed E-state index contributed by atoms with van der Waals surface area (Å²) in [6.07, 6.45) is 4.55. The van der Waals surface area contributed by atoms with E-state index in [0.29, 0.717) is 13.2 Å². The zero-order valence-corrected chi connectivity index (χ0v) is 13.4. The molecule has 0 amide bonds. The van der Waals surface area contributed by atoms with Gasteiger partial charge in [-0.15, -0.1) is 0 Å². The lowest BCUT2D eigenvalue weighted by atomic mass is 10.00. The van der Waals surface area contributed by atoms with Crippen LogP contribution in [0.25, 0.3) is 0 Å². The van der Waals surface area contributed by atoms with Crippen LogP contribution in [0, 0.1) is 0 Å². The van der Waals surface area contributed by atoms with Crippen molar-refractivity contribution in [2.45, 2.75) is 12.5 Å². The molecule has 110 valence electrons. The first-order valence-electron chi connectivity index (χ1n) is 6.96. The number of aromatic nitrogens is 1. The van der Waals surface area contributed by atoms with Crippen molar-refractivity contribution in [3.63, 3.8) is 0 Å². The van der Waals surface area contributed by atoms with E-state index in [2.05, 4.69) is 32.3 Å². The summed E-state index contributed by atoms with van der Waals surface area (Å²) < 4.78 is 12.5. The second kappa shape index (κ2) is 6.45. The molecule has 0 radical (unpaired) electrons. The highest BCUT2D eigenvalue weighted by Crippen LogP contribution is 2.38. The van der Waals surface area contributed by atoms with E-state index in [9.17, 15) is 0 Å². The maximum Gasteiger partial charge on any atom is 0.162 e. The van der Waals surface area contributed by atoms with Gasteiger partial charge in [0.1, 0.15) is 0 Å². The number of nitrogens with zero attached hydrogens (tertiary/aromatic N) is 1. The van der Waals surface area contributed by atoms with Crippen molar-refractivity contribution in [3.05, 3.63) is 52.3 Å². The standard InChI is InChI=1S/C16H17BrN2O2/c1-18-16(11-4-2-5-19-10-11)12-8-14-15(9-13(12)17)21-7-3-6-20-14/h2,4-5,8-10,16,18H,3,6-7H2,1H3. The minimum Gasteiger partial charge on any atom is -0.490 e. The Morgan fingerprint density at radius 2 is 2.00 bits per heavy atom. The number of nitrogens with one attached hydrogen (secondary N) is 1. The number of fused-ring (bicyclic) bond motifs is 1. The van der Waals surface area contributed by atoms with Crippen LogP contribution in [0.4, 0.5) is 0 Å². The maximum absolute atomic E-state index is 5.79. The summed E-state index contributed by atoms with van der Waals surface area (Å²) in [6, 6.07) is 8.07. The third kappa shape index (κ3) is 3.04. The Bertz CT molecular complexity index is 619. The molecule has 0 saturated carbocycles. The molecule has 1 unspecified atom stereocenters. The summed E-state index contributed by atoms with van der Waals surface area (Å²) >= 11 is 3.64. The van der Waals surface area contributed by atoms with Gasteiger partial charge < -0.3 is 14.8 Å². The van der Waals surface area contributed by atoms with E-state index in [1.54, 1.807) is 6.20 Å². The van der Waals surface area contributed by atoms with E-state index in [4.69, 9.17) is 9.47 Å². The Balaban J connectivity index is 2.02. The Morgan fingerprint density at radius 3 is 2.67 bits per heavy atom. The average molecular weight is 349 g/mol. The fraction of sp³-hybridized carbons (Fsp3) is 0.312. The quantitative estimate of drug-likeness (QED) is 0.923. The van der Waals surface area contributed by atoms with Gasteiger partial charge >= 0.3 is 0 Å². The minimum atomic E-state index is 0.0465. The number of pyridine rings is 1. The fourth-order valence-electron chi connectivity index (χ4n) is 2.47. The van der Waals surface area contributed by atoms with Gasteiger partial charge in [0.25, 0.3) is 0 Å². The second-order valence-corrected chi connectivity index (χ2v) is 5.73. The molecule has 2 aromatic rings. The molecule has 1 N–H and O–H groups in total. The highest BCUT2D eigenvalue weighted by molar-refractivity contribution is 9.10. The van der Waals surface area contributed by atoms with Gasteiger partial charge in [-0.3, -0.25) is 4.98 Å². The zero-order valence-electron chi connectivity index (χ0n) is 11.8. The maximum atomic E-state index is 5.79. The predicted molar refractivity (Wildman–Crippen MR) is 84.9 cm³/mol. The van der Waals surface area contributed by atoms with Crippen LogP contribution in [0.1, 0.15) is 23.6 Å². The minimum absolute atomic E-state index is 0.0465. The summed E-state index contributed by atoms with van der Waals surface area (Å²) in [4.78, 5) is 4.20. The first-order valence-corrected chi connectivity index (χ1v) is 7.75. The van der Waals surface area contributed by atoms with Crippen molar-refractivity contribution in [3.8, 4) is 11.5 Å². The van der Waals surface area contributed by atoms with E-state index in [-0.39, 0.29) is 6.04 Å². The van der Waals surface area contributed by atoms with Crippen LogP contribution in [-0.2, 0) is 0 Å². The highest BCUT2D eigenvalue weighted by atomic mass is 79.9. The van der Waals surface area contributed by atoms with E-state index < -0.39 is 0 Å². The Labute approximate surface area is 132 Å². The van der Waals surface area contributed by atoms with Gasteiger partial charge in [-0.2, -0.15) is 0 Å². The van der Waals surface area contributed by atoms with Gasteiger partial charge in [-0.25, -0.2) is 0 Å². The van der Waals surface area contributed by atoms with Gasteiger partial charge in [0, 0.05) is 23.3 Å². The van der Waals surface area contributed by atoms with Gasteiger partial charge in [0.2, 0.25) is 0 Å². The van der Waals surface area contributed by atoms with Gasteiger partial charge in [0.05, 0.1) is 19.3 Å². The van der Waals surface area contributed by atoms with Crippen LogP contribution in [0.5, 0.6) is 11.5 Å². The molecule has 3 rings (SSSR count). The van der Waals surface area contributed by atoms with Gasteiger partial charge in [-0.1, -0.05) is 22.0 Å². The summed E-state index contributed by atoms with van der Waals surface area (Å²) in [6.45, 7) is 1.38. The summed E-state index contributed by atoms with van der Waals surface area (Å²) in [5.41, 5.74) is 2.21. The molecule has 1 aromatic carbocycles. The molecule has 1 atom stereocenters. The third-order valence-corrected chi connectivity index (χ3v) is 4.17. The van der Waals surface area contributed by atoms with Crippen LogP contribution in [-0.4, -0.2) is 25.2 Å². The van der Waals surface area contributed by atoms with Gasteiger partial charge in [0.15, 0.2) is 11.5 Å². The summed E-state index contributed by atoms with van der Waals surface area (Å²) in [5.74, 6) is 1.60. The Morgan fingerprint density at radius 1 is 1.24 bits per heavy atom. The first kappa shape index (κ1) is 14.4. The first-order chi connectivity index (χ1) is 10.3. The van der Waals surface area contributed by atoms with Crippen LogP contribution in [0.15, 0.2) is 41.1 Å². The van der Waals surface area contributed by atoms with Crippen LogP contribution >= 0.6 is 15.9 Å².